The van der Waals surface area contributed by atoms with Gasteiger partial charge in [0.1, 0.15) is 5.75 Å². The lowest BCUT2D eigenvalue weighted by Crippen LogP contribution is -2.30. The van der Waals surface area contributed by atoms with Crippen molar-refractivity contribution in [3.05, 3.63) is 29.3 Å². The molecule has 0 unspecified atom stereocenters. The number of benzene rings is 1. The zero-order valence-electron chi connectivity index (χ0n) is 10.8. The first kappa shape index (κ1) is 15.1. The van der Waals surface area contributed by atoms with Crippen molar-refractivity contribution >= 4 is 45.7 Å². The molecule has 2 aromatic rings. The van der Waals surface area contributed by atoms with Gasteiger partial charge in [-0.05, 0) is 25.3 Å². The minimum Gasteiger partial charge on any atom is -0.479 e. The number of thioether (sulfide) groups is 1. The number of rotatable bonds is 5. The lowest BCUT2D eigenvalue weighted by molar-refractivity contribution is -0.122. The molecule has 1 aromatic carbocycles. The first-order valence-corrected chi connectivity index (χ1v) is 8.11. The van der Waals surface area contributed by atoms with Crippen LogP contribution in [0.5, 0.6) is 5.75 Å². The van der Waals surface area contributed by atoms with Gasteiger partial charge in [0.2, 0.25) is 5.13 Å². The lowest BCUT2D eigenvalue weighted by atomic mass is 10.3. The molecule has 0 aliphatic rings. The molecule has 1 atom stereocenters. The quantitative estimate of drug-likeness (QED) is 0.673. The van der Waals surface area contributed by atoms with E-state index in [1.165, 1.54) is 23.1 Å². The number of hydrogen-bond donors (Lipinski definition) is 1. The van der Waals surface area contributed by atoms with E-state index in [2.05, 4.69) is 15.5 Å². The van der Waals surface area contributed by atoms with E-state index in [9.17, 15) is 4.79 Å². The van der Waals surface area contributed by atoms with Crippen LogP contribution < -0.4 is 10.1 Å². The first-order chi connectivity index (χ1) is 9.60. The number of para-hydroxylation sites is 1. The molecule has 0 aliphatic heterocycles. The van der Waals surface area contributed by atoms with Gasteiger partial charge >= 0.3 is 0 Å². The third-order valence-corrected chi connectivity index (χ3v) is 4.45. The van der Waals surface area contributed by atoms with Gasteiger partial charge in [-0.2, -0.15) is 0 Å². The van der Waals surface area contributed by atoms with Crippen molar-refractivity contribution in [1.29, 1.82) is 0 Å². The number of halogens is 1. The molecule has 106 valence electrons. The first-order valence-electron chi connectivity index (χ1n) is 5.69. The number of carbonyl (C=O) groups is 1. The summed E-state index contributed by atoms with van der Waals surface area (Å²) in [5, 5.41) is 11.3. The van der Waals surface area contributed by atoms with Crippen molar-refractivity contribution < 1.29 is 9.53 Å². The molecule has 5 nitrogen and oxygen atoms in total. The summed E-state index contributed by atoms with van der Waals surface area (Å²) in [4.78, 5) is 12.0. The highest BCUT2D eigenvalue weighted by atomic mass is 35.5. The van der Waals surface area contributed by atoms with Gasteiger partial charge in [-0.15, -0.1) is 10.2 Å². The number of nitrogens with one attached hydrogen (secondary N) is 1. The Hall–Kier alpha value is -1.31. The maximum absolute atomic E-state index is 12.0. The molecule has 1 N–H and O–H groups in total. The molecule has 0 radical (unpaired) electrons. The smallest absolute Gasteiger partial charge is 0.266 e. The SMILES string of the molecule is CSc1nnc(NC(=O)[C@@H](C)Oc2ccccc2Cl)s1. The highest BCUT2D eigenvalue weighted by Crippen LogP contribution is 2.25. The summed E-state index contributed by atoms with van der Waals surface area (Å²) in [6.07, 6.45) is 1.21. The summed E-state index contributed by atoms with van der Waals surface area (Å²) in [5.41, 5.74) is 0. The van der Waals surface area contributed by atoms with Gasteiger partial charge in [0.25, 0.3) is 5.91 Å². The highest BCUT2D eigenvalue weighted by molar-refractivity contribution is 8.00. The van der Waals surface area contributed by atoms with E-state index in [0.29, 0.717) is 15.9 Å². The zero-order valence-corrected chi connectivity index (χ0v) is 13.2. The maximum atomic E-state index is 12.0. The lowest BCUT2D eigenvalue weighted by Gasteiger charge is -2.14. The fraction of sp³-hybridized carbons (Fsp3) is 0.250. The van der Waals surface area contributed by atoms with Crippen molar-refractivity contribution in [3.63, 3.8) is 0 Å². The predicted octanol–water partition coefficient (Wildman–Crippen LogP) is 3.32. The monoisotopic (exact) mass is 329 g/mol. The van der Waals surface area contributed by atoms with Crippen LogP contribution in [0.2, 0.25) is 5.02 Å². The number of carbonyl (C=O) groups excluding carboxylic acids is 1. The van der Waals surface area contributed by atoms with Crippen molar-refractivity contribution in [3.8, 4) is 5.75 Å². The van der Waals surface area contributed by atoms with Gasteiger partial charge < -0.3 is 4.74 Å². The second-order valence-corrected chi connectivity index (χ2v) is 6.20. The molecule has 0 aliphatic carbocycles. The number of hydrogen-bond acceptors (Lipinski definition) is 6. The molecule has 8 heteroatoms. The Balaban J connectivity index is 1.97. The van der Waals surface area contributed by atoms with Crippen LogP contribution in [-0.2, 0) is 4.79 Å². The second-order valence-electron chi connectivity index (χ2n) is 3.76. The van der Waals surface area contributed by atoms with E-state index in [1.807, 2.05) is 6.26 Å². The molecule has 0 fully saturated rings. The van der Waals surface area contributed by atoms with E-state index in [4.69, 9.17) is 16.3 Å². The van der Waals surface area contributed by atoms with E-state index < -0.39 is 6.10 Å². The van der Waals surface area contributed by atoms with Gasteiger partial charge in [-0.25, -0.2) is 0 Å². The van der Waals surface area contributed by atoms with Crippen LogP contribution in [0, 0.1) is 0 Å². The molecule has 0 spiro atoms. The third kappa shape index (κ3) is 3.84. The van der Waals surface area contributed by atoms with Crippen LogP contribution in [0.15, 0.2) is 28.6 Å². The molecule has 2 rings (SSSR count). The largest absolute Gasteiger partial charge is 0.479 e. The van der Waals surface area contributed by atoms with E-state index in [0.717, 1.165) is 4.34 Å². The topological polar surface area (TPSA) is 64.1 Å². The Morgan fingerprint density at radius 1 is 1.45 bits per heavy atom. The van der Waals surface area contributed by atoms with Gasteiger partial charge in [0.15, 0.2) is 10.4 Å². The Bertz CT molecular complexity index is 606. The van der Waals surface area contributed by atoms with Crippen LogP contribution in [0.25, 0.3) is 0 Å². The molecule has 20 heavy (non-hydrogen) atoms. The molecule has 1 heterocycles. The Labute approximate surface area is 129 Å². The summed E-state index contributed by atoms with van der Waals surface area (Å²) >= 11 is 8.77. The summed E-state index contributed by atoms with van der Waals surface area (Å²) in [6.45, 7) is 1.65. The molecule has 0 saturated carbocycles. The fourth-order valence-electron chi connectivity index (χ4n) is 1.33. The fourth-order valence-corrected chi connectivity index (χ4v) is 2.69. The van der Waals surface area contributed by atoms with E-state index >= 15 is 0 Å². The molecular weight excluding hydrogens is 318 g/mol. The zero-order chi connectivity index (χ0) is 14.5. The molecule has 1 aromatic heterocycles. The number of amides is 1. The van der Waals surface area contributed by atoms with Crippen molar-refractivity contribution in [2.75, 3.05) is 11.6 Å². The van der Waals surface area contributed by atoms with Gasteiger partial charge in [-0.1, -0.05) is 46.8 Å². The standard InChI is InChI=1S/C12H12ClN3O2S2/c1-7(18-9-6-4-3-5-8(9)13)10(17)14-11-15-16-12(19-2)20-11/h3-7H,1-2H3,(H,14,15,17)/t7-/m1/s1. The summed E-state index contributed by atoms with van der Waals surface area (Å²) in [5.74, 6) is 0.174. The summed E-state index contributed by atoms with van der Waals surface area (Å²) < 4.78 is 6.31. The maximum Gasteiger partial charge on any atom is 0.266 e. The number of anilines is 1. The molecule has 1 amide bonds. The van der Waals surface area contributed by atoms with Crippen LogP contribution in [0.3, 0.4) is 0 Å². The average molecular weight is 330 g/mol. The highest BCUT2D eigenvalue weighted by Gasteiger charge is 2.17. The van der Waals surface area contributed by atoms with Crippen molar-refractivity contribution in [2.24, 2.45) is 0 Å². The van der Waals surface area contributed by atoms with Crippen LogP contribution >= 0.6 is 34.7 Å². The minimum absolute atomic E-state index is 0.297. The normalized spacial score (nSPS) is 11.9. The van der Waals surface area contributed by atoms with Gasteiger partial charge in [0, 0.05) is 0 Å². The summed E-state index contributed by atoms with van der Waals surface area (Å²) in [6, 6.07) is 7.01. The van der Waals surface area contributed by atoms with Crippen LogP contribution in [0.1, 0.15) is 6.92 Å². The minimum atomic E-state index is -0.684. The second kappa shape index (κ2) is 6.92. The van der Waals surface area contributed by atoms with Crippen molar-refractivity contribution in [1.82, 2.24) is 10.2 Å². The van der Waals surface area contributed by atoms with Crippen molar-refractivity contribution in [2.45, 2.75) is 17.4 Å². The van der Waals surface area contributed by atoms with Crippen LogP contribution in [0.4, 0.5) is 5.13 Å². The molecule has 0 bridgehead atoms. The number of nitrogens with zero attached hydrogens (tertiary/aromatic N) is 2. The van der Waals surface area contributed by atoms with E-state index in [1.54, 1.807) is 31.2 Å². The third-order valence-electron chi connectivity index (χ3n) is 2.32. The van der Waals surface area contributed by atoms with Crippen LogP contribution in [-0.4, -0.2) is 28.5 Å². The molecule has 0 saturated heterocycles. The Morgan fingerprint density at radius 2 is 2.20 bits per heavy atom. The van der Waals surface area contributed by atoms with Gasteiger partial charge in [-0.3, -0.25) is 10.1 Å². The number of ether oxygens (including phenoxy) is 1. The average Bonchev–Trinajstić information content (AvgIpc) is 2.89. The van der Waals surface area contributed by atoms with Gasteiger partial charge in [0.05, 0.1) is 5.02 Å². The number of aromatic nitrogens is 2. The van der Waals surface area contributed by atoms with E-state index in [-0.39, 0.29) is 5.91 Å². The predicted molar refractivity (Wildman–Crippen MR) is 81.9 cm³/mol. The Morgan fingerprint density at radius 3 is 2.85 bits per heavy atom. The molecular formula is C12H12ClN3O2S2. The summed E-state index contributed by atoms with van der Waals surface area (Å²) in [7, 11) is 0. The Kier molecular flexibility index (Phi) is 5.22.